The second-order valence-corrected chi connectivity index (χ2v) is 3.96. The molecule has 0 saturated carbocycles. The Labute approximate surface area is 113 Å². The highest BCUT2D eigenvalue weighted by Crippen LogP contribution is 2.18. The normalized spacial score (nSPS) is 10.3. The molecule has 1 aromatic carbocycles. The fourth-order valence-electron chi connectivity index (χ4n) is 1.83. The summed E-state index contributed by atoms with van der Waals surface area (Å²) < 4.78 is 13.2. The van der Waals surface area contributed by atoms with Crippen molar-refractivity contribution in [1.82, 2.24) is 9.97 Å². The number of carboxylic acid groups (broad SMARTS) is 1. The van der Waals surface area contributed by atoms with Crippen LogP contribution in [0.25, 0.3) is 0 Å². The summed E-state index contributed by atoms with van der Waals surface area (Å²) in [5, 5.41) is 8.97. The molecule has 1 aromatic heterocycles. The number of halogens is 1. The van der Waals surface area contributed by atoms with E-state index in [9.17, 15) is 14.0 Å². The van der Waals surface area contributed by atoms with Crippen molar-refractivity contribution in [1.29, 1.82) is 0 Å². The van der Waals surface area contributed by atoms with Crippen LogP contribution in [0, 0.1) is 5.82 Å². The van der Waals surface area contributed by atoms with E-state index in [1.54, 1.807) is 13.0 Å². The quantitative estimate of drug-likeness (QED) is 0.893. The minimum Gasteiger partial charge on any atom is -0.477 e. The molecule has 1 heterocycles. The van der Waals surface area contributed by atoms with Crippen molar-refractivity contribution in [2.24, 2.45) is 0 Å². The Morgan fingerprint density at radius 1 is 1.45 bits per heavy atom. The minimum atomic E-state index is -1.28. The molecule has 7 heteroatoms. The molecule has 0 aliphatic heterocycles. The number of carbonyl (C=O) groups excluding carboxylic acids is 1. The zero-order chi connectivity index (χ0) is 14.7. The van der Waals surface area contributed by atoms with Gasteiger partial charge in [0.1, 0.15) is 5.82 Å². The van der Waals surface area contributed by atoms with Gasteiger partial charge in [-0.2, -0.15) is 0 Å². The van der Waals surface area contributed by atoms with E-state index in [-0.39, 0.29) is 17.9 Å². The third kappa shape index (κ3) is 2.51. The maximum atomic E-state index is 13.2. The van der Waals surface area contributed by atoms with Crippen LogP contribution in [0.5, 0.6) is 0 Å². The van der Waals surface area contributed by atoms with E-state index in [1.165, 1.54) is 23.1 Å². The molecular formula is C13H12FN3O3. The Bertz CT molecular complexity index is 654. The topological polar surface area (TPSA) is 86.3 Å². The fourth-order valence-corrected chi connectivity index (χ4v) is 1.83. The summed E-state index contributed by atoms with van der Waals surface area (Å²) in [6, 6.07) is 5.51. The number of nitrogens with one attached hydrogen (secondary N) is 1. The number of amides is 1. The predicted octanol–water partition coefficient (Wildman–Crippen LogP) is 1.91. The van der Waals surface area contributed by atoms with Gasteiger partial charge in [0.15, 0.2) is 11.4 Å². The second kappa shape index (κ2) is 5.52. The second-order valence-electron chi connectivity index (χ2n) is 3.96. The van der Waals surface area contributed by atoms with Gasteiger partial charge in [0.05, 0.1) is 6.33 Å². The van der Waals surface area contributed by atoms with Crippen LogP contribution in [-0.2, 0) is 0 Å². The first-order valence-corrected chi connectivity index (χ1v) is 5.88. The zero-order valence-corrected chi connectivity index (χ0v) is 10.6. The van der Waals surface area contributed by atoms with Crippen LogP contribution in [0.3, 0.4) is 0 Å². The molecular weight excluding hydrogens is 265 g/mol. The number of hydrogen-bond acceptors (Lipinski definition) is 3. The number of nitrogens with zero attached hydrogens (tertiary/aromatic N) is 2. The monoisotopic (exact) mass is 277 g/mol. The summed E-state index contributed by atoms with van der Waals surface area (Å²) in [7, 11) is 0. The van der Waals surface area contributed by atoms with E-state index in [1.807, 2.05) is 0 Å². The van der Waals surface area contributed by atoms with Crippen LogP contribution in [0.4, 0.5) is 10.1 Å². The number of anilines is 1. The van der Waals surface area contributed by atoms with Crippen LogP contribution in [-0.4, -0.2) is 33.5 Å². The molecule has 20 heavy (non-hydrogen) atoms. The number of benzene rings is 1. The molecule has 0 aliphatic rings. The van der Waals surface area contributed by atoms with E-state index < -0.39 is 17.7 Å². The van der Waals surface area contributed by atoms with Gasteiger partial charge in [-0.15, -0.1) is 0 Å². The van der Waals surface area contributed by atoms with Crippen molar-refractivity contribution in [3.05, 3.63) is 47.8 Å². The predicted molar refractivity (Wildman–Crippen MR) is 69.3 cm³/mol. The summed E-state index contributed by atoms with van der Waals surface area (Å²) in [6.07, 6.45) is 1.14. The van der Waals surface area contributed by atoms with Crippen LogP contribution in [0.15, 0.2) is 30.6 Å². The minimum absolute atomic E-state index is 0.205. The van der Waals surface area contributed by atoms with E-state index >= 15 is 0 Å². The van der Waals surface area contributed by atoms with Crippen molar-refractivity contribution in [3.63, 3.8) is 0 Å². The molecule has 0 aliphatic carbocycles. The molecule has 0 saturated heterocycles. The molecule has 0 bridgehead atoms. The molecule has 0 fully saturated rings. The van der Waals surface area contributed by atoms with Crippen molar-refractivity contribution in [2.45, 2.75) is 6.92 Å². The fraction of sp³-hybridized carbons (Fsp3) is 0.154. The van der Waals surface area contributed by atoms with Crippen molar-refractivity contribution < 1.29 is 19.1 Å². The number of carbonyl (C=O) groups is 2. The smallest absolute Gasteiger partial charge is 0.354 e. The number of rotatable bonds is 4. The first-order chi connectivity index (χ1) is 9.54. The van der Waals surface area contributed by atoms with Crippen LogP contribution in [0.2, 0.25) is 0 Å². The van der Waals surface area contributed by atoms with E-state index in [0.29, 0.717) is 5.69 Å². The Hall–Kier alpha value is -2.70. The first-order valence-electron chi connectivity index (χ1n) is 5.88. The van der Waals surface area contributed by atoms with E-state index in [0.717, 1.165) is 6.33 Å². The first kappa shape index (κ1) is 13.7. The van der Waals surface area contributed by atoms with Gasteiger partial charge < -0.3 is 15.0 Å². The number of H-pyrrole nitrogens is 1. The summed E-state index contributed by atoms with van der Waals surface area (Å²) in [4.78, 5) is 30.7. The number of aromatic nitrogens is 2. The molecule has 104 valence electrons. The maximum Gasteiger partial charge on any atom is 0.354 e. The Balaban J connectivity index is 2.39. The lowest BCUT2D eigenvalue weighted by Crippen LogP contribution is -2.32. The third-order valence-electron chi connectivity index (χ3n) is 2.74. The standard InChI is InChI=1S/C13H12FN3O3/c1-2-17(9-5-3-4-8(14)6-9)12(18)10-11(13(19)20)16-7-15-10/h3-7H,2H2,1H3,(H,15,16)(H,19,20). The number of aromatic carboxylic acids is 1. The van der Waals surface area contributed by atoms with E-state index in [4.69, 9.17) is 5.11 Å². The highest BCUT2D eigenvalue weighted by atomic mass is 19.1. The van der Waals surface area contributed by atoms with Crippen molar-refractivity contribution in [3.8, 4) is 0 Å². The summed E-state index contributed by atoms with van der Waals surface area (Å²) in [5.41, 5.74) is -0.148. The van der Waals surface area contributed by atoms with E-state index in [2.05, 4.69) is 9.97 Å². The Kier molecular flexibility index (Phi) is 3.79. The lowest BCUT2D eigenvalue weighted by molar-refractivity contribution is 0.0686. The molecule has 1 amide bonds. The van der Waals surface area contributed by atoms with Gasteiger partial charge >= 0.3 is 5.97 Å². The molecule has 2 N–H and O–H groups in total. The average Bonchev–Trinajstić information content (AvgIpc) is 2.89. The highest BCUT2D eigenvalue weighted by Gasteiger charge is 2.24. The van der Waals surface area contributed by atoms with Gasteiger partial charge in [-0.1, -0.05) is 6.07 Å². The Morgan fingerprint density at radius 2 is 2.20 bits per heavy atom. The van der Waals surface area contributed by atoms with Crippen molar-refractivity contribution >= 4 is 17.6 Å². The summed E-state index contributed by atoms with van der Waals surface area (Å²) in [5.74, 6) is -2.35. The van der Waals surface area contributed by atoms with Gasteiger partial charge in [0.2, 0.25) is 0 Å². The molecule has 0 unspecified atom stereocenters. The molecule has 2 aromatic rings. The lowest BCUT2D eigenvalue weighted by Gasteiger charge is -2.20. The van der Waals surface area contributed by atoms with Gasteiger partial charge in [-0.25, -0.2) is 14.2 Å². The van der Waals surface area contributed by atoms with Gasteiger partial charge in [0.25, 0.3) is 5.91 Å². The molecule has 6 nitrogen and oxygen atoms in total. The van der Waals surface area contributed by atoms with Gasteiger partial charge in [0, 0.05) is 12.2 Å². The molecule has 2 rings (SSSR count). The maximum absolute atomic E-state index is 13.2. The van der Waals surface area contributed by atoms with Crippen molar-refractivity contribution in [2.75, 3.05) is 11.4 Å². The Morgan fingerprint density at radius 3 is 2.80 bits per heavy atom. The van der Waals surface area contributed by atoms with Gasteiger partial charge in [-0.05, 0) is 25.1 Å². The van der Waals surface area contributed by atoms with Crippen LogP contribution >= 0.6 is 0 Å². The largest absolute Gasteiger partial charge is 0.477 e. The summed E-state index contributed by atoms with van der Waals surface area (Å²) in [6.45, 7) is 1.96. The van der Waals surface area contributed by atoms with Crippen LogP contribution in [0.1, 0.15) is 27.9 Å². The third-order valence-corrected chi connectivity index (χ3v) is 2.74. The van der Waals surface area contributed by atoms with Gasteiger partial charge in [-0.3, -0.25) is 4.79 Å². The number of imidazole rings is 1. The molecule has 0 atom stereocenters. The van der Waals surface area contributed by atoms with Crippen LogP contribution < -0.4 is 4.90 Å². The SMILES string of the molecule is CCN(C(=O)c1nc[nH]c1C(=O)O)c1cccc(F)c1. The average molecular weight is 277 g/mol. The molecule has 0 spiro atoms. The number of carboxylic acids is 1. The zero-order valence-electron chi connectivity index (χ0n) is 10.6. The lowest BCUT2D eigenvalue weighted by atomic mass is 10.2. The number of aromatic amines is 1. The summed E-state index contributed by atoms with van der Waals surface area (Å²) >= 11 is 0. The number of hydrogen-bond donors (Lipinski definition) is 2. The highest BCUT2D eigenvalue weighted by molar-refractivity contribution is 6.09. The molecule has 0 radical (unpaired) electrons.